The molecular formula is C31H24ClN3O3. The van der Waals surface area contributed by atoms with Crippen molar-refractivity contribution in [1.29, 1.82) is 0 Å². The van der Waals surface area contributed by atoms with Crippen molar-refractivity contribution in [1.82, 2.24) is 14.8 Å². The number of ether oxygens (including phenoxy) is 1. The van der Waals surface area contributed by atoms with E-state index in [2.05, 4.69) is 10.1 Å². The Morgan fingerprint density at radius 3 is 2.26 bits per heavy atom. The van der Waals surface area contributed by atoms with Gasteiger partial charge in [0.2, 0.25) is 0 Å². The van der Waals surface area contributed by atoms with Crippen LogP contribution in [0.4, 0.5) is 0 Å². The molecule has 5 rings (SSSR count). The lowest BCUT2D eigenvalue weighted by Crippen LogP contribution is -2.15. The van der Waals surface area contributed by atoms with Crippen LogP contribution in [0.25, 0.3) is 28.2 Å². The van der Waals surface area contributed by atoms with Crippen LogP contribution in [0.15, 0.2) is 97.1 Å². The quantitative estimate of drug-likeness (QED) is 0.172. The molecule has 0 amide bonds. The Hall–Kier alpha value is -4.55. The zero-order valence-corrected chi connectivity index (χ0v) is 21.6. The van der Waals surface area contributed by atoms with Gasteiger partial charge in [-0.25, -0.2) is 14.5 Å². The van der Waals surface area contributed by atoms with Gasteiger partial charge in [-0.15, -0.1) is 5.10 Å². The van der Waals surface area contributed by atoms with Crippen LogP contribution in [-0.4, -0.2) is 33.1 Å². The van der Waals surface area contributed by atoms with E-state index in [9.17, 15) is 9.59 Å². The van der Waals surface area contributed by atoms with Crippen LogP contribution in [0.1, 0.15) is 32.1 Å². The van der Waals surface area contributed by atoms with Gasteiger partial charge in [-0.05, 0) is 48.7 Å². The average molecular weight is 522 g/mol. The Balaban J connectivity index is 1.37. The maximum Gasteiger partial charge on any atom is 0.378 e. The summed E-state index contributed by atoms with van der Waals surface area (Å²) < 4.78 is 6.90. The third-order valence-corrected chi connectivity index (χ3v) is 6.35. The van der Waals surface area contributed by atoms with E-state index in [0.29, 0.717) is 22.1 Å². The van der Waals surface area contributed by atoms with Crippen molar-refractivity contribution in [2.24, 2.45) is 0 Å². The molecule has 1 heterocycles. The molecule has 0 bridgehead atoms. The van der Waals surface area contributed by atoms with Gasteiger partial charge < -0.3 is 4.74 Å². The van der Waals surface area contributed by atoms with Gasteiger partial charge in [-0.3, -0.25) is 4.79 Å². The minimum absolute atomic E-state index is 0.145. The molecule has 188 valence electrons. The number of aryl methyl sites for hydroxylation is 2. The lowest BCUT2D eigenvalue weighted by Gasteiger charge is -2.10. The summed E-state index contributed by atoms with van der Waals surface area (Å²) in [5, 5.41) is 4.98. The van der Waals surface area contributed by atoms with E-state index in [-0.39, 0.29) is 11.6 Å². The first kappa shape index (κ1) is 25.1. The maximum atomic E-state index is 12.9. The largest absolute Gasteiger partial charge is 0.451 e. The lowest BCUT2D eigenvalue weighted by atomic mass is 10.0. The first-order chi connectivity index (χ1) is 18.4. The highest BCUT2D eigenvalue weighted by atomic mass is 35.5. The summed E-state index contributed by atoms with van der Waals surface area (Å²) in [7, 11) is 0. The van der Waals surface area contributed by atoms with Crippen molar-refractivity contribution < 1.29 is 14.3 Å². The molecule has 0 aliphatic rings. The Kier molecular flexibility index (Phi) is 7.15. The van der Waals surface area contributed by atoms with Crippen molar-refractivity contribution in [2.45, 2.75) is 13.8 Å². The van der Waals surface area contributed by atoms with Gasteiger partial charge in [0.25, 0.3) is 5.82 Å². The molecule has 0 spiro atoms. The van der Waals surface area contributed by atoms with Crippen molar-refractivity contribution in [2.75, 3.05) is 6.61 Å². The number of rotatable bonds is 7. The predicted octanol–water partition coefficient (Wildman–Crippen LogP) is 6.91. The Labute approximate surface area is 225 Å². The van der Waals surface area contributed by atoms with Crippen LogP contribution < -0.4 is 0 Å². The fourth-order valence-corrected chi connectivity index (χ4v) is 4.27. The van der Waals surface area contributed by atoms with E-state index < -0.39 is 12.6 Å². The molecule has 0 saturated carbocycles. The summed E-state index contributed by atoms with van der Waals surface area (Å²) >= 11 is 6.26. The Morgan fingerprint density at radius 2 is 1.53 bits per heavy atom. The smallest absolute Gasteiger partial charge is 0.378 e. The van der Waals surface area contributed by atoms with Crippen molar-refractivity contribution >= 4 is 23.4 Å². The van der Waals surface area contributed by atoms with E-state index in [4.69, 9.17) is 16.3 Å². The zero-order valence-electron chi connectivity index (χ0n) is 20.9. The van der Waals surface area contributed by atoms with Crippen molar-refractivity contribution in [3.63, 3.8) is 0 Å². The summed E-state index contributed by atoms with van der Waals surface area (Å²) in [5.41, 5.74) is 5.91. The zero-order chi connectivity index (χ0) is 26.6. The van der Waals surface area contributed by atoms with E-state index >= 15 is 0 Å². The molecule has 5 aromatic rings. The number of nitrogens with zero attached hydrogens (tertiary/aromatic N) is 3. The molecule has 0 atom stereocenters. The highest BCUT2D eigenvalue weighted by molar-refractivity contribution is 6.30. The number of hydrogen-bond donors (Lipinski definition) is 0. The first-order valence-electron chi connectivity index (χ1n) is 12.1. The monoisotopic (exact) mass is 521 g/mol. The number of hydrogen-bond acceptors (Lipinski definition) is 5. The second kappa shape index (κ2) is 10.8. The molecule has 0 saturated heterocycles. The maximum absolute atomic E-state index is 12.9. The molecular weight excluding hydrogens is 498 g/mol. The number of benzene rings is 4. The second-order valence-corrected chi connectivity index (χ2v) is 9.35. The number of carbonyl (C=O) groups is 2. The van der Waals surface area contributed by atoms with Gasteiger partial charge in [-0.2, -0.15) is 0 Å². The summed E-state index contributed by atoms with van der Waals surface area (Å²) in [6.45, 7) is 3.48. The van der Waals surface area contributed by atoms with Gasteiger partial charge in [0.05, 0.1) is 5.69 Å². The molecule has 0 unspecified atom stereocenters. The van der Waals surface area contributed by atoms with Crippen LogP contribution in [0.3, 0.4) is 0 Å². The van der Waals surface area contributed by atoms with Crippen molar-refractivity contribution in [3.05, 3.63) is 125 Å². The normalized spacial score (nSPS) is 10.8. The molecule has 6 nitrogen and oxygen atoms in total. The second-order valence-electron chi connectivity index (χ2n) is 8.91. The number of carbonyl (C=O) groups excluding carboxylic acids is 2. The van der Waals surface area contributed by atoms with Crippen LogP contribution in [-0.2, 0) is 4.74 Å². The van der Waals surface area contributed by atoms with E-state index in [1.807, 2.05) is 86.6 Å². The van der Waals surface area contributed by atoms with Crippen LogP contribution in [0.2, 0.25) is 5.02 Å². The average Bonchev–Trinajstić information content (AvgIpc) is 3.39. The van der Waals surface area contributed by atoms with E-state index in [0.717, 1.165) is 27.8 Å². The molecule has 1 aromatic heterocycles. The van der Waals surface area contributed by atoms with Crippen molar-refractivity contribution in [3.8, 4) is 28.2 Å². The molecule has 0 N–H and O–H groups in total. The summed E-state index contributed by atoms with van der Waals surface area (Å²) in [5.74, 6) is -0.782. The number of esters is 1. The van der Waals surface area contributed by atoms with Gasteiger partial charge >= 0.3 is 5.97 Å². The topological polar surface area (TPSA) is 74.1 Å². The SMILES string of the molecule is Cc1cccc(-c2nc(C(=O)OCC(=O)c3ccc(-c4ccccc4)cc3)nn2-c2cc(Cl)ccc2C)c1. The third-order valence-electron chi connectivity index (χ3n) is 6.11. The highest BCUT2D eigenvalue weighted by Gasteiger charge is 2.22. The number of aromatic nitrogens is 3. The summed E-state index contributed by atoms with van der Waals surface area (Å²) in [4.78, 5) is 30.1. The molecule has 4 aromatic carbocycles. The Morgan fingerprint density at radius 1 is 0.816 bits per heavy atom. The molecule has 0 aliphatic heterocycles. The van der Waals surface area contributed by atoms with Gasteiger partial charge in [0, 0.05) is 16.1 Å². The molecule has 0 fully saturated rings. The number of halogens is 1. The lowest BCUT2D eigenvalue weighted by molar-refractivity contribution is 0.0462. The van der Waals surface area contributed by atoms with Crippen LogP contribution in [0.5, 0.6) is 0 Å². The number of Topliss-reactive ketones (excluding diaryl/α,β-unsaturated/α-hetero) is 1. The van der Waals surface area contributed by atoms with Crippen LogP contribution in [0, 0.1) is 13.8 Å². The fourth-order valence-electron chi connectivity index (χ4n) is 4.11. The van der Waals surface area contributed by atoms with Crippen LogP contribution >= 0.6 is 11.6 Å². The molecule has 38 heavy (non-hydrogen) atoms. The molecule has 7 heteroatoms. The minimum Gasteiger partial charge on any atom is -0.451 e. The Bertz CT molecular complexity index is 1630. The summed E-state index contributed by atoms with van der Waals surface area (Å²) in [6.07, 6.45) is 0. The molecule has 0 aliphatic carbocycles. The minimum atomic E-state index is -0.786. The van der Waals surface area contributed by atoms with Gasteiger partial charge in [-0.1, -0.05) is 96.0 Å². The third kappa shape index (κ3) is 5.41. The van der Waals surface area contributed by atoms with Gasteiger partial charge in [0.1, 0.15) is 0 Å². The molecule has 0 radical (unpaired) electrons. The van der Waals surface area contributed by atoms with E-state index in [1.54, 1.807) is 28.9 Å². The number of ketones is 1. The summed E-state index contributed by atoms with van der Waals surface area (Å²) in [6, 6.07) is 30.2. The fraction of sp³-hybridized carbons (Fsp3) is 0.0968. The predicted molar refractivity (Wildman–Crippen MR) is 148 cm³/mol. The first-order valence-corrected chi connectivity index (χ1v) is 12.4. The van der Waals surface area contributed by atoms with Gasteiger partial charge in [0.15, 0.2) is 18.2 Å². The van der Waals surface area contributed by atoms with E-state index in [1.165, 1.54) is 0 Å². The standard InChI is InChI=1S/C31H24ClN3O3/c1-20-7-6-10-25(17-20)30-33-29(34-35(30)27-18-26(32)16-11-21(27)2)31(37)38-19-28(36)24-14-12-23(13-15-24)22-8-4-3-5-9-22/h3-18H,19H2,1-2H3. The highest BCUT2D eigenvalue weighted by Crippen LogP contribution is 2.26.